The molecule has 1 unspecified atom stereocenters. The molecule has 1 fully saturated rings. The summed E-state index contributed by atoms with van der Waals surface area (Å²) < 4.78 is 0. The lowest BCUT2D eigenvalue weighted by Gasteiger charge is -2.34. The van der Waals surface area contributed by atoms with E-state index < -0.39 is 0 Å². The van der Waals surface area contributed by atoms with Crippen LogP contribution in [0.3, 0.4) is 0 Å². The van der Waals surface area contributed by atoms with Crippen LogP contribution in [0.5, 0.6) is 0 Å². The standard InChI is InChI=1S/C10H20N2O/c1-10(2,3)8-6-5-7-12(8)9(13)11-4/h8H,5-7H2,1-4H3,(H,11,13). The zero-order chi connectivity index (χ0) is 10.1. The van der Waals surface area contributed by atoms with Crippen LogP contribution in [0.15, 0.2) is 0 Å². The van der Waals surface area contributed by atoms with Gasteiger partial charge >= 0.3 is 6.03 Å². The molecule has 13 heavy (non-hydrogen) atoms. The van der Waals surface area contributed by atoms with Crippen molar-refractivity contribution >= 4 is 6.03 Å². The van der Waals surface area contributed by atoms with Crippen molar-refractivity contribution in [2.75, 3.05) is 13.6 Å². The normalized spacial score (nSPS) is 23.4. The van der Waals surface area contributed by atoms with Gasteiger partial charge in [-0.3, -0.25) is 0 Å². The van der Waals surface area contributed by atoms with E-state index >= 15 is 0 Å². The van der Waals surface area contributed by atoms with Crippen LogP contribution in [0.25, 0.3) is 0 Å². The number of urea groups is 1. The van der Waals surface area contributed by atoms with Gasteiger partial charge in [0.2, 0.25) is 0 Å². The summed E-state index contributed by atoms with van der Waals surface area (Å²) in [6.45, 7) is 7.48. The Bertz CT molecular complexity index is 196. The number of hydrogen-bond donors (Lipinski definition) is 1. The lowest BCUT2D eigenvalue weighted by molar-refractivity contribution is 0.147. The quantitative estimate of drug-likeness (QED) is 0.612. The SMILES string of the molecule is CNC(=O)N1CCCC1C(C)(C)C. The van der Waals surface area contributed by atoms with E-state index in [9.17, 15) is 4.79 Å². The Kier molecular flexibility index (Phi) is 2.84. The van der Waals surface area contributed by atoms with Crippen LogP contribution in [0.1, 0.15) is 33.6 Å². The monoisotopic (exact) mass is 184 g/mol. The molecule has 0 saturated carbocycles. The third-order valence-corrected chi connectivity index (χ3v) is 2.73. The second-order valence-electron chi connectivity index (χ2n) is 4.77. The van der Waals surface area contributed by atoms with Crippen LogP contribution in [-0.2, 0) is 0 Å². The number of carbonyl (C=O) groups is 1. The zero-order valence-corrected chi connectivity index (χ0v) is 9.05. The van der Waals surface area contributed by atoms with Gasteiger partial charge in [-0.25, -0.2) is 4.79 Å². The Morgan fingerprint density at radius 1 is 1.46 bits per heavy atom. The maximum Gasteiger partial charge on any atom is 0.317 e. The Morgan fingerprint density at radius 2 is 2.08 bits per heavy atom. The summed E-state index contributed by atoms with van der Waals surface area (Å²) in [6, 6.07) is 0.463. The number of likely N-dealkylation sites (tertiary alicyclic amines) is 1. The average Bonchev–Trinajstić information content (AvgIpc) is 2.49. The van der Waals surface area contributed by atoms with Gasteiger partial charge in [-0.15, -0.1) is 0 Å². The van der Waals surface area contributed by atoms with E-state index in [0.29, 0.717) is 6.04 Å². The lowest BCUT2D eigenvalue weighted by Crippen LogP contribution is -2.46. The fraction of sp³-hybridized carbons (Fsp3) is 0.900. The molecule has 1 rings (SSSR count). The maximum atomic E-state index is 11.5. The van der Waals surface area contributed by atoms with Gasteiger partial charge in [0.1, 0.15) is 0 Å². The van der Waals surface area contributed by atoms with Crippen LogP contribution in [-0.4, -0.2) is 30.6 Å². The predicted molar refractivity (Wildman–Crippen MR) is 53.6 cm³/mol. The number of hydrogen-bond acceptors (Lipinski definition) is 1. The summed E-state index contributed by atoms with van der Waals surface area (Å²) in [5, 5.41) is 2.70. The first-order valence-electron chi connectivity index (χ1n) is 4.95. The largest absolute Gasteiger partial charge is 0.341 e. The number of rotatable bonds is 0. The fourth-order valence-corrected chi connectivity index (χ4v) is 2.05. The summed E-state index contributed by atoms with van der Waals surface area (Å²) in [5.41, 5.74) is 0.197. The molecular weight excluding hydrogens is 164 g/mol. The highest BCUT2D eigenvalue weighted by molar-refractivity contribution is 5.74. The van der Waals surface area contributed by atoms with Crippen molar-refractivity contribution < 1.29 is 4.79 Å². The molecule has 3 nitrogen and oxygen atoms in total. The molecule has 76 valence electrons. The second kappa shape index (κ2) is 3.56. The van der Waals surface area contributed by atoms with Crippen LogP contribution in [0.4, 0.5) is 4.79 Å². The Morgan fingerprint density at radius 3 is 2.54 bits per heavy atom. The van der Waals surface area contributed by atoms with Crippen LogP contribution < -0.4 is 5.32 Å². The van der Waals surface area contributed by atoms with Gasteiger partial charge in [-0.1, -0.05) is 20.8 Å². The summed E-state index contributed by atoms with van der Waals surface area (Å²) in [6.07, 6.45) is 2.27. The molecule has 0 spiro atoms. The summed E-state index contributed by atoms with van der Waals surface area (Å²) in [7, 11) is 1.69. The van der Waals surface area contributed by atoms with E-state index in [1.54, 1.807) is 7.05 Å². The number of amides is 2. The topological polar surface area (TPSA) is 32.3 Å². The molecule has 0 bridgehead atoms. The molecule has 1 heterocycles. The van der Waals surface area contributed by atoms with E-state index in [0.717, 1.165) is 19.4 Å². The molecule has 1 N–H and O–H groups in total. The summed E-state index contributed by atoms with van der Waals surface area (Å²) >= 11 is 0. The van der Waals surface area contributed by atoms with E-state index in [-0.39, 0.29) is 11.4 Å². The Hall–Kier alpha value is -0.730. The summed E-state index contributed by atoms with van der Waals surface area (Å²) in [5.74, 6) is 0. The van der Waals surface area contributed by atoms with Gasteiger partial charge < -0.3 is 10.2 Å². The fourth-order valence-electron chi connectivity index (χ4n) is 2.05. The third kappa shape index (κ3) is 2.14. The van der Waals surface area contributed by atoms with E-state index in [4.69, 9.17) is 0 Å². The minimum Gasteiger partial charge on any atom is -0.341 e. The molecule has 3 heteroatoms. The smallest absolute Gasteiger partial charge is 0.317 e. The van der Waals surface area contributed by atoms with Crippen molar-refractivity contribution in [1.82, 2.24) is 10.2 Å². The zero-order valence-electron chi connectivity index (χ0n) is 9.05. The molecule has 2 amide bonds. The molecule has 1 aliphatic rings. The second-order valence-corrected chi connectivity index (χ2v) is 4.77. The molecule has 1 atom stereocenters. The lowest BCUT2D eigenvalue weighted by atomic mass is 9.85. The summed E-state index contributed by atoms with van der Waals surface area (Å²) in [4.78, 5) is 13.4. The molecule has 0 radical (unpaired) electrons. The predicted octanol–water partition coefficient (Wildman–Crippen LogP) is 1.84. The molecule has 0 aliphatic carbocycles. The molecule has 0 aromatic rings. The van der Waals surface area contributed by atoms with Gasteiger partial charge in [0, 0.05) is 19.6 Å². The Labute approximate surface area is 80.5 Å². The molecule has 0 aromatic carbocycles. The number of nitrogens with zero attached hydrogens (tertiary/aromatic N) is 1. The van der Waals surface area contributed by atoms with E-state index in [2.05, 4.69) is 26.1 Å². The van der Waals surface area contributed by atoms with E-state index in [1.807, 2.05) is 4.90 Å². The van der Waals surface area contributed by atoms with Crippen molar-refractivity contribution in [3.05, 3.63) is 0 Å². The van der Waals surface area contributed by atoms with Gasteiger partial charge in [0.25, 0.3) is 0 Å². The number of carbonyl (C=O) groups excluding carboxylic acids is 1. The van der Waals surface area contributed by atoms with Gasteiger partial charge in [0.15, 0.2) is 0 Å². The highest BCUT2D eigenvalue weighted by Gasteiger charge is 2.36. The van der Waals surface area contributed by atoms with Gasteiger partial charge in [-0.05, 0) is 18.3 Å². The van der Waals surface area contributed by atoms with Crippen LogP contribution in [0, 0.1) is 5.41 Å². The molecular formula is C10H20N2O. The van der Waals surface area contributed by atoms with Crippen molar-refractivity contribution in [1.29, 1.82) is 0 Å². The van der Waals surface area contributed by atoms with Crippen LogP contribution in [0.2, 0.25) is 0 Å². The van der Waals surface area contributed by atoms with E-state index in [1.165, 1.54) is 0 Å². The van der Waals surface area contributed by atoms with Gasteiger partial charge in [0.05, 0.1) is 0 Å². The first kappa shape index (κ1) is 10.4. The van der Waals surface area contributed by atoms with Crippen molar-refractivity contribution in [3.63, 3.8) is 0 Å². The average molecular weight is 184 g/mol. The minimum absolute atomic E-state index is 0.0671. The van der Waals surface area contributed by atoms with Crippen LogP contribution >= 0.6 is 0 Å². The molecule has 0 aromatic heterocycles. The van der Waals surface area contributed by atoms with Gasteiger partial charge in [-0.2, -0.15) is 0 Å². The first-order chi connectivity index (χ1) is 5.96. The molecule has 1 saturated heterocycles. The van der Waals surface area contributed by atoms with Crippen molar-refractivity contribution in [2.45, 2.75) is 39.7 Å². The van der Waals surface area contributed by atoms with Crippen molar-refractivity contribution in [3.8, 4) is 0 Å². The third-order valence-electron chi connectivity index (χ3n) is 2.73. The number of nitrogens with one attached hydrogen (secondary N) is 1. The van der Waals surface area contributed by atoms with Crippen molar-refractivity contribution in [2.24, 2.45) is 5.41 Å². The highest BCUT2D eigenvalue weighted by Crippen LogP contribution is 2.32. The Balaban J connectivity index is 2.70. The maximum absolute atomic E-state index is 11.5. The minimum atomic E-state index is 0.0671. The highest BCUT2D eigenvalue weighted by atomic mass is 16.2. The molecule has 1 aliphatic heterocycles. The first-order valence-corrected chi connectivity index (χ1v) is 4.95.